The van der Waals surface area contributed by atoms with Crippen molar-refractivity contribution in [3.8, 4) is 0 Å². The summed E-state index contributed by atoms with van der Waals surface area (Å²) >= 11 is 0. The lowest BCUT2D eigenvalue weighted by Crippen LogP contribution is -2.56. The molecule has 7 nitrogen and oxygen atoms in total. The number of methoxy groups -OCH3 is 1. The molecule has 0 aromatic rings. The first-order valence-electron chi connectivity index (χ1n) is 4.43. The molecule has 2 N–H and O–H groups in total. The van der Waals surface area contributed by atoms with Crippen molar-refractivity contribution in [1.82, 2.24) is 10.2 Å². The number of carbonyl (C=O) groups is 1. The summed E-state index contributed by atoms with van der Waals surface area (Å²) in [6.45, 7) is 5.16. The molecular formula is C8H18N3O4-. The number of hydrazine groups is 1. The van der Waals surface area contributed by atoms with E-state index in [9.17, 15) is 10.0 Å². The van der Waals surface area contributed by atoms with Gasteiger partial charge in [0.2, 0.25) is 0 Å². The number of amides is 1. The highest BCUT2D eigenvalue weighted by atomic mass is 16.7. The van der Waals surface area contributed by atoms with Gasteiger partial charge in [-0.3, -0.25) is 5.17 Å². The highest BCUT2D eigenvalue weighted by Crippen LogP contribution is 2.20. The monoisotopic (exact) mass is 220 g/mol. The molecule has 0 aliphatic carbocycles. The van der Waals surface area contributed by atoms with Crippen LogP contribution in [0.4, 0.5) is 4.79 Å². The Balaban J connectivity index is 4.86. The Kier molecular flexibility index (Phi) is 4.95. The fourth-order valence-corrected chi connectivity index (χ4v) is 1.04. The largest absolute Gasteiger partial charge is 0.767 e. The molecule has 0 bridgehead atoms. The highest BCUT2D eigenvalue weighted by molar-refractivity contribution is 5.67. The molecule has 1 unspecified atom stereocenters. The average molecular weight is 220 g/mol. The van der Waals surface area contributed by atoms with E-state index < -0.39 is 17.7 Å². The van der Waals surface area contributed by atoms with Crippen molar-refractivity contribution in [3.63, 3.8) is 0 Å². The van der Waals surface area contributed by atoms with Gasteiger partial charge >= 0.3 is 6.09 Å². The van der Waals surface area contributed by atoms with Gasteiger partial charge < -0.3 is 14.8 Å². The Morgan fingerprint density at radius 3 is 2.27 bits per heavy atom. The van der Waals surface area contributed by atoms with Crippen molar-refractivity contribution >= 4 is 6.09 Å². The fraction of sp³-hybridized carbons (Fsp3) is 0.875. The van der Waals surface area contributed by atoms with Crippen LogP contribution in [0.1, 0.15) is 20.8 Å². The number of nitrogens with two attached hydrogens (primary N) is 1. The average Bonchev–Trinajstić information content (AvgIpc) is 2.16. The maximum atomic E-state index is 11.2. The van der Waals surface area contributed by atoms with E-state index >= 15 is 0 Å². The summed E-state index contributed by atoms with van der Waals surface area (Å²) in [5, 5.41) is 12.4. The van der Waals surface area contributed by atoms with Gasteiger partial charge in [-0.05, 0) is 27.8 Å². The molecular weight excluding hydrogens is 202 g/mol. The van der Waals surface area contributed by atoms with E-state index in [2.05, 4.69) is 4.84 Å². The number of carbonyl (C=O) groups excluding carboxylic acids is 1. The molecule has 1 amide bonds. The SMILES string of the molecule is COC(C)(C)C(C)N(C(=O)ON)N(C)[O-]. The predicted molar refractivity (Wildman–Crippen MR) is 54.2 cm³/mol. The van der Waals surface area contributed by atoms with Gasteiger partial charge in [0, 0.05) is 7.11 Å². The van der Waals surface area contributed by atoms with E-state index in [1.165, 1.54) is 14.2 Å². The van der Waals surface area contributed by atoms with Crippen molar-refractivity contribution in [2.75, 3.05) is 14.2 Å². The maximum absolute atomic E-state index is 11.2. The second-order valence-corrected chi connectivity index (χ2v) is 3.68. The topological polar surface area (TPSA) is 91.1 Å². The van der Waals surface area contributed by atoms with E-state index in [1.807, 2.05) is 0 Å². The van der Waals surface area contributed by atoms with E-state index in [0.29, 0.717) is 5.17 Å². The van der Waals surface area contributed by atoms with Gasteiger partial charge in [0.05, 0.1) is 11.6 Å². The molecule has 0 saturated carbocycles. The first kappa shape index (κ1) is 14.1. The van der Waals surface area contributed by atoms with E-state index in [4.69, 9.17) is 10.6 Å². The molecule has 0 aromatic carbocycles. The van der Waals surface area contributed by atoms with Crippen LogP contribution in [0.25, 0.3) is 0 Å². The summed E-state index contributed by atoms with van der Waals surface area (Å²) in [7, 11) is 2.67. The smallest absolute Gasteiger partial charge is 0.442 e. The molecule has 0 spiro atoms. The number of ether oxygens (including phenoxy) is 1. The van der Waals surface area contributed by atoms with Crippen molar-refractivity contribution < 1.29 is 14.4 Å². The van der Waals surface area contributed by atoms with Gasteiger partial charge in [-0.1, -0.05) is 0 Å². The van der Waals surface area contributed by atoms with E-state index in [1.54, 1.807) is 20.8 Å². The van der Waals surface area contributed by atoms with E-state index in [-0.39, 0.29) is 0 Å². The number of hydrogen-bond acceptors (Lipinski definition) is 6. The van der Waals surface area contributed by atoms with Gasteiger partial charge in [-0.25, -0.2) is 9.80 Å². The Bertz CT molecular complexity index is 220. The molecule has 0 aromatic heterocycles. The first-order chi connectivity index (χ1) is 6.77. The summed E-state index contributed by atoms with van der Waals surface area (Å²) in [6, 6.07) is -0.513. The molecule has 7 heteroatoms. The standard InChI is InChI=1S/C8H18N3O4/c1-6(8(2,3)14-5)11(10(4)13)7(12)15-9/h6H,9H2,1-5H3/q-1. The van der Waals surface area contributed by atoms with Crippen LogP contribution in [-0.4, -0.2) is 42.1 Å². The Morgan fingerprint density at radius 2 is 2.00 bits per heavy atom. The normalized spacial score (nSPS) is 13.9. The quantitative estimate of drug-likeness (QED) is 0.692. The van der Waals surface area contributed by atoms with Gasteiger partial charge in [-0.2, -0.15) is 5.90 Å². The molecule has 0 rings (SSSR count). The lowest BCUT2D eigenvalue weighted by Gasteiger charge is -2.44. The van der Waals surface area contributed by atoms with Crippen LogP contribution in [0.15, 0.2) is 0 Å². The lowest BCUT2D eigenvalue weighted by atomic mass is 10.0. The van der Waals surface area contributed by atoms with Crippen molar-refractivity contribution in [2.24, 2.45) is 5.90 Å². The summed E-state index contributed by atoms with van der Waals surface area (Å²) in [5.74, 6) is 4.74. The highest BCUT2D eigenvalue weighted by Gasteiger charge is 2.34. The molecule has 0 aliphatic heterocycles. The van der Waals surface area contributed by atoms with Gasteiger partial charge in [0.25, 0.3) is 0 Å². The van der Waals surface area contributed by atoms with Gasteiger partial charge in [-0.15, -0.1) is 0 Å². The van der Waals surface area contributed by atoms with Crippen LogP contribution in [0.5, 0.6) is 0 Å². The Morgan fingerprint density at radius 1 is 1.53 bits per heavy atom. The minimum atomic E-state index is -0.926. The Hall–Kier alpha value is -0.890. The van der Waals surface area contributed by atoms with Crippen molar-refractivity contribution in [3.05, 3.63) is 5.21 Å². The van der Waals surface area contributed by atoms with Crippen LogP contribution in [0.3, 0.4) is 0 Å². The summed E-state index contributed by atoms with van der Waals surface area (Å²) in [4.78, 5) is 15.3. The second-order valence-electron chi connectivity index (χ2n) is 3.68. The van der Waals surface area contributed by atoms with Gasteiger partial charge in [0.1, 0.15) is 0 Å². The van der Waals surface area contributed by atoms with Crippen LogP contribution in [-0.2, 0) is 9.57 Å². The van der Waals surface area contributed by atoms with Gasteiger partial charge in [0.15, 0.2) is 0 Å². The number of hydroxylamine groups is 1. The third-order valence-corrected chi connectivity index (χ3v) is 2.49. The zero-order chi connectivity index (χ0) is 12.2. The minimum Gasteiger partial charge on any atom is -0.767 e. The van der Waals surface area contributed by atoms with Crippen LogP contribution in [0, 0.1) is 5.21 Å². The summed E-state index contributed by atoms with van der Waals surface area (Å²) < 4.78 is 5.17. The molecule has 1 atom stereocenters. The molecule has 0 fully saturated rings. The summed E-state index contributed by atoms with van der Waals surface area (Å²) in [5.41, 5.74) is -0.688. The molecule has 90 valence electrons. The predicted octanol–water partition coefficient (Wildman–Crippen LogP) is 0.457. The fourth-order valence-electron chi connectivity index (χ4n) is 1.04. The molecule has 0 saturated heterocycles. The number of nitrogens with zero attached hydrogens (tertiary/aromatic N) is 2. The van der Waals surface area contributed by atoms with Crippen LogP contribution in [0.2, 0.25) is 0 Å². The van der Waals surface area contributed by atoms with E-state index in [0.717, 1.165) is 5.01 Å². The van der Waals surface area contributed by atoms with Crippen LogP contribution >= 0.6 is 0 Å². The molecule has 0 radical (unpaired) electrons. The summed E-state index contributed by atoms with van der Waals surface area (Å²) in [6.07, 6.45) is -0.926. The lowest BCUT2D eigenvalue weighted by molar-refractivity contribution is -0.0929. The van der Waals surface area contributed by atoms with Crippen LogP contribution < -0.4 is 5.90 Å². The Labute approximate surface area is 89.2 Å². The zero-order valence-electron chi connectivity index (χ0n) is 9.68. The van der Waals surface area contributed by atoms with Crippen molar-refractivity contribution in [2.45, 2.75) is 32.4 Å². The number of rotatable bonds is 4. The zero-order valence-corrected chi connectivity index (χ0v) is 9.68. The minimum absolute atomic E-state index is 0.362. The first-order valence-corrected chi connectivity index (χ1v) is 4.43. The number of hydrogen-bond donors (Lipinski definition) is 1. The van der Waals surface area contributed by atoms with Crippen molar-refractivity contribution in [1.29, 1.82) is 0 Å². The molecule has 0 heterocycles. The third-order valence-electron chi connectivity index (χ3n) is 2.49. The molecule has 0 aliphatic rings. The molecule has 15 heavy (non-hydrogen) atoms. The second kappa shape index (κ2) is 5.26. The third kappa shape index (κ3) is 3.31. The maximum Gasteiger partial charge on any atom is 0.442 e.